The largest absolute Gasteiger partial charge is 0.684 e. The Morgan fingerprint density at radius 3 is 0.615 bits per heavy atom. The van der Waals surface area contributed by atoms with Gasteiger partial charge in [0.05, 0.1) is 0 Å². The fourth-order valence-corrected chi connectivity index (χ4v) is 0. The molecule has 0 spiro atoms. The molecule has 88 valence electrons. The average molecular weight is 448 g/mol. The van der Waals surface area contributed by atoms with E-state index in [1.54, 1.807) is 0 Å². The topological polar surface area (TPSA) is 81.7 Å². The van der Waals surface area contributed by atoms with E-state index < -0.39 is 19.1 Å². The molecule has 0 aliphatic rings. The minimum Gasteiger partial charge on any atom is -0.684 e. The molecule has 2 N–H and O–H groups in total. The molecule has 0 amide bonds. The van der Waals surface area contributed by atoms with Crippen molar-refractivity contribution in [3.8, 4) is 0 Å². The van der Waals surface area contributed by atoms with Crippen molar-refractivity contribution >= 4 is 19.1 Å². The normalized spacial score (nSPS) is 1.85. The van der Waals surface area contributed by atoms with Gasteiger partial charge in [-0.05, 0) is 0 Å². The fraction of sp³-hybridized carbons (Fsp3) is 0. The van der Waals surface area contributed by atoms with Gasteiger partial charge in [0, 0.05) is 31.1 Å². The van der Waals surface area contributed by atoms with Crippen LogP contribution in [-0.4, -0.2) is 19.1 Å². The molecular weight excluding hydrogens is 426 g/mol. The van der Waals surface area contributed by atoms with Gasteiger partial charge in [-0.2, -0.15) is 0 Å². The van der Waals surface area contributed by atoms with Crippen LogP contribution in [0.3, 0.4) is 0 Å². The molecule has 0 aliphatic heterocycles. The van der Waals surface area contributed by atoms with Crippen LogP contribution in [0.2, 0.25) is 0 Å². The zero-order valence-electron chi connectivity index (χ0n) is 9.47. The average Bonchev–Trinajstić information content (AvgIpc) is 1.39. The van der Waals surface area contributed by atoms with Gasteiger partial charge in [-0.1, -0.05) is 0 Å². The third-order valence-electron chi connectivity index (χ3n) is 0. The monoisotopic (exact) mass is 448 g/mol. The van der Waals surface area contributed by atoms with Crippen molar-refractivity contribution in [1.82, 2.24) is 0 Å². The summed E-state index contributed by atoms with van der Waals surface area (Å²) in [6.45, 7) is 0. The van der Waals surface area contributed by atoms with Gasteiger partial charge in [0.15, 0.2) is 19.1 Å². The summed E-state index contributed by atoms with van der Waals surface area (Å²) in [4.78, 5) is 0. The molecule has 0 rings (SSSR count). The predicted octanol–water partition coefficient (Wildman–Crippen LogP) is 2.17. The molecule has 0 aromatic carbocycles. The minimum atomic E-state index is -1.25. The minimum absolute atomic E-state index is 0. The SMILES string of the molecule is [CH3-].[CH3-].[CH3-].[CH3-].[CH3-].[CH3-].[NH-][SiH]=O.[NH-][SiH]=O.[U]. The summed E-state index contributed by atoms with van der Waals surface area (Å²) in [6.07, 6.45) is 0. The summed E-state index contributed by atoms with van der Waals surface area (Å²) in [5.74, 6) is 0. The van der Waals surface area contributed by atoms with Crippen molar-refractivity contribution in [1.29, 1.82) is 0 Å². The molecule has 0 aromatic heterocycles. The second-order valence-corrected chi connectivity index (χ2v) is 0.707. The molecule has 4 nitrogen and oxygen atoms in total. The van der Waals surface area contributed by atoms with E-state index in [4.69, 9.17) is 19.7 Å². The number of rotatable bonds is 0. The molecule has 0 saturated carbocycles. The Morgan fingerprint density at radius 1 is 0.615 bits per heavy atom. The Bertz CT molecular complexity index is 47.6. The molecule has 0 atom stereocenters. The Hall–Kier alpha value is 0.686. The molecule has 0 aliphatic carbocycles. The summed E-state index contributed by atoms with van der Waals surface area (Å²) in [7, 11) is -2.50. The maximum Gasteiger partial charge on any atom is 0.161 e. The first kappa shape index (κ1) is 100. The second-order valence-electron chi connectivity index (χ2n) is 0.236. The van der Waals surface area contributed by atoms with Gasteiger partial charge in [0.25, 0.3) is 0 Å². The Kier molecular flexibility index (Phi) is 1850. The summed E-state index contributed by atoms with van der Waals surface area (Å²) < 4.78 is 17.4. The number of nitrogens with one attached hydrogen (secondary N) is 2. The molecule has 13 heavy (non-hydrogen) atoms. The second kappa shape index (κ2) is 240. The molecule has 0 radical (unpaired) electrons. The Balaban J connectivity index is -0.00000000229. The summed E-state index contributed by atoms with van der Waals surface area (Å²) in [5.41, 5.74) is 0. The summed E-state index contributed by atoms with van der Waals surface area (Å²) >= 11 is 0. The molecule has 0 aromatic rings. The van der Waals surface area contributed by atoms with Crippen molar-refractivity contribution in [3.05, 3.63) is 55.4 Å². The van der Waals surface area contributed by atoms with Crippen LogP contribution in [0.5, 0.6) is 0 Å². The van der Waals surface area contributed by atoms with Gasteiger partial charge in [-0.25, -0.2) is 0 Å². The van der Waals surface area contributed by atoms with Crippen molar-refractivity contribution in [2.24, 2.45) is 0 Å². The van der Waals surface area contributed by atoms with Crippen LogP contribution in [0.15, 0.2) is 0 Å². The molecule has 0 heterocycles. The van der Waals surface area contributed by atoms with Crippen LogP contribution in [0.4, 0.5) is 0 Å². The van der Waals surface area contributed by atoms with E-state index in [0.29, 0.717) is 0 Å². The van der Waals surface area contributed by atoms with Gasteiger partial charge in [-0.15, -0.1) is 0 Å². The Morgan fingerprint density at radius 2 is 0.615 bits per heavy atom. The molecule has 0 saturated heterocycles. The van der Waals surface area contributed by atoms with Gasteiger partial charge >= 0.3 is 0 Å². The van der Waals surface area contributed by atoms with Crippen LogP contribution in [0.25, 0.3) is 10.8 Å². The van der Waals surface area contributed by atoms with Crippen molar-refractivity contribution in [2.45, 2.75) is 0 Å². The standard InChI is InChI=1S/6CH3.2H2NOSi.U/c;;;;;;2*1-3-2;/h6*1H3;2*1,3H;/q8*-1;. The van der Waals surface area contributed by atoms with Gasteiger partial charge in [-0.3, -0.25) is 0 Å². The molecular formula is C6H22N2O2Si2U-8. The van der Waals surface area contributed by atoms with E-state index in [1.807, 2.05) is 0 Å². The van der Waals surface area contributed by atoms with Gasteiger partial charge < -0.3 is 64.3 Å². The van der Waals surface area contributed by atoms with Crippen LogP contribution in [0.1, 0.15) is 0 Å². The summed E-state index contributed by atoms with van der Waals surface area (Å²) in [5, 5.41) is 11.5. The van der Waals surface area contributed by atoms with E-state index >= 15 is 0 Å². The maximum atomic E-state index is 8.68. The van der Waals surface area contributed by atoms with E-state index in [0.717, 1.165) is 0 Å². The molecule has 0 bridgehead atoms. The van der Waals surface area contributed by atoms with Gasteiger partial charge in [0.1, 0.15) is 0 Å². The zero-order valence-corrected chi connectivity index (χ0v) is 15.9. The van der Waals surface area contributed by atoms with Crippen LogP contribution < -0.4 is 0 Å². The molecule has 7 heteroatoms. The quantitative estimate of drug-likeness (QED) is 0.421. The fourth-order valence-electron chi connectivity index (χ4n) is 0. The maximum absolute atomic E-state index is 8.68. The van der Waals surface area contributed by atoms with E-state index in [9.17, 15) is 0 Å². The first-order valence-electron chi connectivity index (χ1n) is 1.05. The van der Waals surface area contributed by atoms with Crippen molar-refractivity contribution in [3.63, 3.8) is 0 Å². The van der Waals surface area contributed by atoms with Crippen molar-refractivity contribution < 1.29 is 40.0 Å². The van der Waals surface area contributed by atoms with Crippen molar-refractivity contribution in [2.75, 3.05) is 0 Å². The van der Waals surface area contributed by atoms with Crippen LogP contribution >= 0.6 is 0 Å². The smallest absolute Gasteiger partial charge is 0.161 e. The van der Waals surface area contributed by atoms with Crippen LogP contribution in [-0.2, 0) is 8.92 Å². The number of hydrogen-bond acceptors (Lipinski definition) is 2. The molecule has 0 unspecified atom stereocenters. The van der Waals surface area contributed by atoms with E-state index in [1.165, 1.54) is 0 Å². The third kappa shape index (κ3) is 3080. The zero-order chi connectivity index (χ0) is 5.41. The summed E-state index contributed by atoms with van der Waals surface area (Å²) in [6, 6.07) is 0. The van der Waals surface area contributed by atoms with E-state index in [2.05, 4.69) is 0 Å². The first-order chi connectivity index (χ1) is 2.83. The Labute approximate surface area is 114 Å². The number of hydrogen-bond donors (Lipinski definition) is 0. The van der Waals surface area contributed by atoms with Crippen LogP contribution in [0, 0.1) is 75.7 Å². The van der Waals surface area contributed by atoms with Gasteiger partial charge in [0.2, 0.25) is 0 Å². The first-order valence-corrected chi connectivity index (χ1v) is 3.15. The van der Waals surface area contributed by atoms with E-state index in [-0.39, 0.29) is 75.7 Å². The molecule has 0 fully saturated rings. The predicted molar refractivity (Wildman–Crippen MR) is 62.8 cm³/mol. The third-order valence-corrected chi connectivity index (χ3v) is 0.